The van der Waals surface area contributed by atoms with Crippen LogP contribution in [0.5, 0.6) is 0 Å². The van der Waals surface area contributed by atoms with Crippen molar-refractivity contribution in [3.05, 3.63) is 0 Å². The van der Waals surface area contributed by atoms with E-state index in [0.29, 0.717) is 30.1 Å². The molecule has 6 unspecified atom stereocenters. The highest BCUT2D eigenvalue weighted by Gasteiger charge is 2.48. The number of rotatable bonds is 6. The van der Waals surface area contributed by atoms with E-state index >= 15 is 0 Å². The first-order valence-corrected chi connectivity index (χ1v) is 15.6. The maximum atomic E-state index is 6.91. The van der Waals surface area contributed by atoms with E-state index in [-0.39, 0.29) is 34.4 Å². The van der Waals surface area contributed by atoms with Crippen LogP contribution in [-0.2, 0) is 4.74 Å². The summed E-state index contributed by atoms with van der Waals surface area (Å²) in [6.45, 7) is 30.9. The van der Waals surface area contributed by atoms with E-state index in [2.05, 4.69) is 108 Å². The molecule has 38 heavy (non-hydrogen) atoms. The molecule has 5 rings (SSSR count). The first kappa shape index (κ1) is 30.7. The van der Waals surface area contributed by atoms with Gasteiger partial charge in [-0.2, -0.15) is 0 Å². The highest BCUT2D eigenvalue weighted by molar-refractivity contribution is 5.05. The minimum absolute atomic E-state index is 0.0534. The second-order valence-corrected chi connectivity index (χ2v) is 16.8. The van der Waals surface area contributed by atoms with Crippen LogP contribution in [0.15, 0.2) is 0 Å². The van der Waals surface area contributed by atoms with Gasteiger partial charge in [0.1, 0.15) is 6.23 Å². The van der Waals surface area contributed by atoms with Gasteiger partial charge in [-0.1, -0.05) is 13.8 Å². The van der Waals surface area contributed by atoms with Gasteiger partial charge < -0.3 is 30.9 Å². The van der Waals surface area contributed by atoms with Crippen molar-refractivity contribution < 1.29 is 4.74 Å². The molecular formula is C31H62N6O. The molecule has 0 aromatic rings. The zero-order valence-electron chi connectivity index (χ0n) is 26.6. The molecule has 222 valence electrons. The summed E-state index contributed by atoms with van der Waals surface area (Å²) in [6.07, 6.45) is 3.67. The van der Waals surface area contributed by atoms with Crippen LogP contribution in [0.3, 0.4) is 0 Å². The van der Waals surface area contributed by atoms with Crippen molar-refractivity contribution in [1.82, 2.24) is 31.5 Å². The van der Waals surface area contributed by atoms with Gasteiger partial charge in [0.2, 0.25) is 0 Å². The summed E-state index contributed by atoms with van der Waals surface area (Å²) < 4.78 is 6.91. The van der Waals surface area contributed by atoms with E-state index in [1.807, 2.05) is 0 Å². The molecule has 0 spiro atoms. The lowest BCUT2D eigenvalue weighted by molar-refractivity contribution is -0.0996. The van der Waals surface area contributed by atoms with Crippen LogP contribution in [0, 0.1) is 17.3 Å². The summed E-state index contributed by atoms with van der Waals surface area (Å²) in [5.74, 6) is 1.44. The molecule has 0 saturated carbocycles. The van der Waals surface area contributed by atoms with Gasteiger partial charge in [0, 0.05) is 73.4 Å². The quantitative estimate of drug-likeness (QED) is 0.358. The molecule has 9 atom stereocenters. The number of ether oxygens (including phenoxy) is 1. The lowest BCUT2D eigenvalue weighted by Crippen LogP contribution is -2.69. The van der Waals surface area contributed by atoms with Gasteiger partial charge in [0.25, 0.3) is 0 Å². The second-order valence-electron chi connectivity index (χ2n) is 16.8. The van der Waals surface area contributed by atoms with E-state index in [4.69, 9.17) is 4.74 Å². The minimum atomic E-state index is 0.0534. The molecule has 7 heteroatoms. The van der Waals surface area contributed by atoms with E-state index in [9.17, 15) is 0 Å². The summed E-state index contributed by atoms with van der Waals surface area (Å²) in [7, 11) is 0. The van der Waals surface area contributed by atoms with Gasteiger partial charge in [-0.05, 0) is 99.0 Å². The fourth-order valence-corrected chi connectivity index (χ4v) is 7.59. The fourth-order valence-electron chi connectivity index (χ4n) is 7.59. The maximum absolute atomic E-state index is 6.91. The van der Waals surface area contributed by atoms with Gasteiger partial charge in [-0.3, -0.25) is 5.32 Å². The Morgan fingerprint density at radius 2 is 1.39 bits per heavy atom. The Kier molecular flexibility index (Phi) is 9.03. The first-order valence-electron chi connectivity index (χ1n) is 15.6. The Bertz CT molecular complexity index is 781. The Morgan fingerprint density at radius 1 is 0.763 bits per heavy atom. The van der Waals surface area contributed by atoms with Crippen LogP contribution in [0.4, 0.5) is 0 Å². The largest absolute Gasteiger partial charge is 0.357 e. The molecule has 5 aliphatic rings. The average molecular weight is 535 g/mol. The monoisotopic (exact) mass is 534 g/mol. The van der Waals surface area contributed by atoms with Crippen molar-refractivity contribution in [2.75, 3.05) is 32.7 Å². The smallest absolute Gasteiger partial charge is 0.110 e. The Labute approximate surface area is 234 Å². The Morgan fingerprint density at radius 3 is 2.00 bits per heavy atom. The summed E-state index contributed by atoms with van der Waals surface area (Å²) in [5.41, 5.74) is 0.496. The van der Waals surface area contributed by atoms with Crippen LogP contribution in [0.25, 0.3) is 0 Å². The molecule has 0 aromatic heterocycles. The Balaban J connectivity index is 1.43. The second kappa shape index (κ2) is 11.2. The van der Waals surface area contributed by atoms with Gasteiger partial charge in [-0.25, -0.2) is 0 Å². The SMILES string of the molecule is CC(C)(C)NC1CC(O[C@@H]2CNC(C3CN4CCC3[C@H](NC(C)(C)C)C4)C[C@H]2NC(C)(C)C)NCC1(C)C. The minimum Gasteiger partial charge on any atom is -0.357 e. The van der Waals surface area contributed by atoms with Crippen LogP contribution in [0.1, 0.15) is 95.4 Å². The van der Waals surface area contributed by atoms with Crippen LogP contribution < -0.4 is 26.6 Å². The van der Waals surface area contributed by atoms with E-state index in [1.165, 1.54) is 26.1 Å². The summed E-state index contributed by atoms with van der Waals surface area (Å²) >= 11 is 0. The molecule has 2 bridgehead atoms. The molecule has 5 heterocycles. The number of fused-ring (bicyclic) bond motifs is 3. The van der Waals surface area contributed by atoms with Crippen molar-refractivity contribution in [3.8, 4) is 0 Å². The van der Waals surface area contributed by atoms with Gasteiger partial charge in [0.05, 0.1) is 6.10 Å². The summed E-state index contributed by atoms with van der Waals surface area (Å²) in [4.78, 5) is 2.71. The zero-order chi connectivity index (χ0) is 28.1. The van der Waals surface area contributed by atoms with Crippen LogP contribution in [0.2, 0.25) is 0 Å². The third-order valence-electron chi connectivity index (χ3n) is 9.19. The maximum Gasteiger partial charge on any atom is 0.110 e. The summed E-state index contributed by atoms with van der Waals surface area (Å²) in [6, 6.07) is 1.89. The van der Waals surface area contributed by atoms with Crippen molar-refractivity contribution in [3.63, 3.8) is 0 Å². The standard InChI is InChI=1S/C31H62N6O/c1-28(2,3)34-23-14-22(21-17-37-13-12-20(21)24(18-37)35-29(4,5)6)32-16-25(23)38-27-15-26(36-30(7,8)9)31(10,11)19-33-27/h20-27,32-36H,12-19H2,1-11H3/t20?,21?,22?,23-,24-,25-,26?,27?/m1/s1. The molecule has 7 nitrogen and oxygen atoms in total. The fraction of sp³-hybridized carbons (Fsp3) is 1.00. The molecule has 0 radical (unpaired) electrons. The molecule has 5 saturated heterocycles. The molecule has 5 fully saturated rings. The molecule has 5 N–H and O–H groups in total. The lowest BCUT2D eigenvalue weighted by Gasteiger charge is -2.55. The first-order chi connectivity index (χ1) is 17.4. The molecule has 5 aliphatic heterocycles. The molecule has 0 aromatic carbocycles. The van der Waals surface area contributed by atoms with Gasteiger partial charge in [-0.15, -0.1) is 0 Å². The third-order valence-corrected chi connectivity index (χ3v) is 9.19. The Hall–Kier alpha value is -0.280. The van der Waals surface area contributed by atoms with Crippen molar-refractivity contribution in [2.24, 2.45) is 17.3 Å². The zero-order valence-corrected chi connectivity index (χ0v) is 26.6. The topological polar surface area (TPSA) is 72.6 Å². The predicted octanol–water partition coefficient (Wildman–Crippen LogP) is 3.30. The highest BCUT2D eigenvalue weighted by atomic mass is 16.5. The molecule has 0 aliphatic carbocycles. The number of nitrogens with one attached hydrogen (secondary N) is 5. The van der Waals surface area contributed by atoms with E-state index in [0.717, 1.165) is 31.8 Å². The molecular weight excluding hydrogens is 472 g/mol. The van der Waals surface area contributed by atoms with Gasteiger partial charge in [0.15, 0.2) is 0 Å². The normalized spacial score (nSPS) is 40.3. The number of hydrogen-bond acceptors (Lipinski definition) is 7. The van der Waals surface area contributed by atoms with Crippen molar-refractivity contribution in [2.45, 2.75) is 149 Å². The van der Waals surface area contributed by atoms with Gasteiger partial charge >= 0.3 is 0 Å². The lowest BCUT2D eigenvalue weighted by atomic mass is 9.70. The molecule has 0 amide bonds. The van der Waals surface area contributed by atoms with Crippen LogP contribution in [-0.4, -0.2) is 90.7 Å². The van der Waals surface area contributed by atoms with Crippen molar-refractivity contribution in [1.29, 1.82) is 0 Å². The number of hydrogen-bond donors (Lipinski definition) is 5. The summed E-state index contributed by atoms with van der Waals surface area (Å²) in [5, 5.41) is 19.6. The van der Waals surface area contributed by atoms with Crippen molar-refractivity contribution >= 4 is 0 Å². The number of nitrogens with zero attached hydrogens (tertiary/aromatic N) is 1. The highest BCUT2D eigenvalue weighted by Crippen LogP contribution is 2.38. The average Bonchev–Trinajstić information content (AvgIpc) is 2.74. The van der Waals surface area contributed by atoms with E-state index in [1.54, 1.807) is 0 Å². The number of piperidine rings is 5. The predicted molar refractivity (Wildman–Crippen MR) is 160 cm³/mol. The third kappa shape index (κ3) is 8.14. The van der Waals surface area contributed by atoms with Crippen LogP contribution >= 0.6 is 0 Å². The van der Waals surface area contributed by atoms with E-state index < -0.39 is 0 Å².